The number of nitrogens with zero attached hydrogens (tertiary/aromatic N) is 2. The van der Waals surface area contributed by atoms with Crippen molar-refractivity contribution in [3.63, 3.8) is 0 Å². The molecule has 0 saturated heterocycles. The molecule has 4 rings (SSSR count). The lowest BCUT2D eigenvalue weighted by molar-refractivity contribution is -0.129. The van der Waals surface area contributed by atoms with E-state index in [0.29, 0.717) is 24.2 Å². The zero-order valence-electron chi connectivity index (χ0n) is 18.4. The van der Waals surface area contributed by atoms with E-state index in [2.05, 4.69) is 5.32 Å². The van der Waals surface area contributed by atoms with Gasteiger partial charge in [0.1, 0.15) is 5.54 Å². The minimum Gasteiger partial charge on any atom is -0.452 e. The van der Waals surface area contributed by atoms with Crippen molar-refractivity contribution in [1.29, 1.82) is 0 Å². The molecule has 33 heavy (non-hydrogen) atoms. The maximum absolute atomic E-state index is 13.3. The van der Waals surface area contributed by atoms with Gasteiger partial charge in [0.25, 0.3) is 11.8 Å². The number of sulfonamides is 1. The molecule has 174 valence electrons. The number of para-hydroxylation sites is 2. The summed E-state index contributed by atoms with van der Waals surface area (Å²) in [4.78, 5) is 40.3. The molecular formula is C23H25N3O6S. The van der Waals surface area contributed by atoms with Crippen LogP contribution in [0.2, 0.25) is 0 Å². The molecule has 2 amide bonds. The van der Waals surface area contributed by atoms with Gasteiger partial charge in [-0.15, -0.1) is 0 Å². The molecule has 0 radical (unpaired) electrons. The number of carbonyl (C=O) groups is 3. The topological polar surface area (TPSA) is 113 Å². The molecule has 10 heteroatoms. The van der Waals surface area contributed by atoms with Crippen LogP contribution in [0.3, 0.4) is 0 Å². The Bertz CT molecular complexity index is 1220. The molecule has 2 aromatic carbocycles. The van der Waals surface area contributed by atoms with Crippen molar-refractivity contribution in [1.82, 2.24) is 4.31 Å². The van der Waals surface area contributed by atoms with Gasteiger partial charge in [-0.2, -0.15) is 0 Å². The summed E-state index contributed by atoms with van der Waals surface area (Å²) >= 11 is 0. The number of esters is 1. The molecule has 1 aliphatic heterocycles. The van der Waals surface area contributed by atoms with Crippen molar-refractivity contribution in [3.05, 3.63) is 54.1 Å². The van der Waals surface area contributed by atoms with Gasteiger partial charge in [0.2, 0.25) is 10.0 Å². The molecule has 1 aliphatic carbocycles. The fourth-order valence-electron chi connectivity index (χ4n) is 4.40. The fourth-order valence-corrected chi connectivity index (χ4v) is 5.35. The number of fused-ring (bicyclic) bond motifs is 1. The van der Waals surface area contributed by atoms with Crippen LogP contribution in [0.5, 0.6) is 0 Å². The Morgan fingerprint density at radius 2 is 1.79 bits per heavy atom. The Hall–Kier alpha value is -3.24. The molecule has 0 atom stereocenters. The van der Waals surface area contributed by atoms with Crippen LogP contribution < -0.4 is 10.2 Å². The van der Waals surface area contributed by atoms with Crippen molar-refractivity contribution in [2.24, 2.45) is 0 Å². The van der Waals surface area contributed by atoms with Crippen molar-refractivity contribution >= 4 is 39.2 Å². The highest BCUT2D eigenvalue weighted by atomic mass is 32.2. The van der Waals surface area contributed by atoms with Gasteiger partial charge in [-0.3, -0.25) is 14.5 Å². The Kier molecular flexibility index (Phi) is 5.98. The molecule has 9 nitrogen and oxygen atoms in total. The van der Waals surface area contributed by atoms with Crippen LogP contribution in [-0.4, -0.2) is 56.7 Å². The number of benzene rings is 2. The first-order valence-corrected chi connectivity index (χ1v) is 12.0. The Labute approximate surface area is 192 Å². The fraction of sp³-hybridized carbons (Fsp3) is 0.348. The summed E-state index contributed by atoms with van der Waals surface area (Å²) in [6.07, 6.45) is 2.67. The molecule has 1 fully saturated rings. The van der Waals surface area contributed by atoms with E-state index < -0.39 is 34.0 Å². The summed E-state index contributed by atoms with van der Waals surface area (Å²) in [5, 5.41) is 2.90. The maximum Gasteiger partial charge on any atom is 0.338 e. The number of anilines is 2. The molecule has 2 aliphatic rings. The predicted molar refractivity (Wildman–Crippen MR) is 121 cm³/mol. The number of nitrogens with one attached hydrogen (secondary N) is 1. The van der Waals surface area contributed by atoms with Crippen molar-refractivity contribution in [2.45, 2.75) is 36.1 Å². The second-order valence-corrected chi connectivity index (χ2v) is 10.5. The first-order chi connectivity index (χ1) is 15.7. The van der Waals surface area contributed by atoms with Gasteiger partial charge >= 0.3 is 5.97 Å². The van der Waals surface area contributed by atoms with Gasteiger partial charge in [-0.1, -0.05) is 31.0 Å². The third kappa shape index (κ3) is 4.00. The molecule has 0 bridgehead atoms. The summed E-state index contributed by atoms with van der Waals surface area (Å²) in [6.45, 7) is -0.577. The molecule has 0 unspecified atom stereocenters. The Morgan fingerprint density at radius 3 is 2.48 bits per heavy atom. The lowest BCUT2D eigenvalue weighted by atomic mass is 9.90. The SMILES string of the molecule is CN(C)S(=O)(=O)c1cccc(C(=O)OCC(=O)N2c3ccccc3NC(=O)C23CCCC3)c1. The summed E-state index contributed by atoms with van der Waals surface area (Å²) < 4.78 is 31.0. The molecular weight excluding hydrogens is 446 g/mol. The van der Waals surface area contributed by atoms with E-state index in [1.165, 1.54) is 43.3 Å². The predicted octanol–water partition coefficient (Wildman–Crippen LogP) is 2.39. The summed E-state index contributed by atoms with van der Waals surface area (Å²) in [6, 6.07) is 12.5. The van der Waals surface area contributed by atoms with Gasteiger partial charge in [-0.25, -0.2) is 17.5 Å². The van der Waals surface area contributed by atoms with Crippen LogP contribution in [0.25, 0.3) is 0 Å². The highest BCUT2D eigenvalue weighted by Gasteiger charge is 2.52. The largest absolute Gasteiger partial charge is 0.452 e. The smallest absolute Gasteiger partial charge is 0.338 e. The van der Waals surface area contributed by atoms with Gasteiger partial charge in [0.15, 0.2) is 6.61 Å². The first-order valence-electron chi connectivity index (χ1n) is 10.6. The van der Waals surface area contributed by atoms with Crippen molar-refractivity contribution in [3.8, 4) is 0 Å². The van der Waals surface area contributed by atoms with Crippen LogP contribution >= 0.6 is 0 Å². The standard InChI is InChI=1S/C23H25N3O6S/c1-25(2)33(30,31)17-9-7-8-16(14-17)21(28)32-15-20(27)26-19-11-4-3-10-18(19)24-22(29)23(26)12-5-6-13-23/h3-4,7-11,14H,5-6,12-13,15H2,1-2H3,(H,24,29). The van der Waals surface area contributed by atoms with Crippen molar-refractivity contribution in [2.75, 3.05) is 30.9 Å². The number of hydrogen-bond donors (Lipinski definition) is 1. The van der Waals surface area contributed by atoms with Crippen LogP contribution in [0.1, 0.15) is 36.0 Å². The Balaban J connectivity index is 1.56. The third-order valence-electron chi connectivity index (χ3n) is 6.10. The molecule has 0 aromatic heterocycles. The van der Waals surface area contributed by atoms with Gasteiger partial charge in [-0.05, 0) is 43.2 Å². The lowest BCUT2D eigenvalue weighted by Crippen LogP contribution is -2.61. The number of amides is 2. The second-order valence-electron chi connectivity index (χ2n) is 8.33. The van der Waals surface area contributed by atoms with Crippen LogP contribution in [0.4, 0.5) is 11.4 Å². The number of rotatable bonds is 5. The molecule has 1 spiro atoms. The highest BCUT2D eigenvalue weighted by molar-refractivity contribution is 7.89. The highest BCUT2D eigenvalue weighted by Crippen LogP contribution is 2.45. The zero-order valence-corrected chi connectivity index (χ0v) is 19.2. The summed E-state index contributed by atoms with van der Waals surface area (Å²) in [5.41, 5.74) is 0.107. The van der Waals surface area contributed by atoms with Crippen LogP contribution in [-0.2, 0) is 24.3 Å². The van der Waals surface area contributed by atoms with E-state index in [4.69, 9.17) is 4.74 Å². The van der Waals surface area contributed by atoms with Gasteiger partial charge < -0.3 is 10.1 Å². The van der Waals surface area contributed by atoms with E-state index in [-0.39, 0.29) is 16.4 Å². The normalized spacial score (nSPS) is 17.1. The average molecular weight is 472 g/mol. The Morgan fingerprint density at radius 1 is 1.09 bits per heavy atom. The van der Waals surface area contributed by atoms with Crippen LogP contribution in [0, 0.1) is 0 Å². The maximum atomic E-state index is 13.3. The minimum absolute atomic E-state index is 0.0121. The van der Waals surface area contributed by atoms with E-state index in [9.17, 15) is 22.8 Å². The third-order valence-corrected chi connectivity index (χ3v) is 7.91. The molecule has 1 heterocycles. The lowest BCUT2D eigenvalue weighted by Gasteiger charge is -2.44. The van der Waals surface area contributed by atoms with E-state index >= 15 is 0 Å². The number of hydrogen-bond acceptors (Lipinski definition) is 6. The van der Waals surface area contributed by atoms with Gasteiger partial charge in [0, 0.05) is 14.1 Å². The summed E-state index contributed by atoms with van der Waals surface area (Å²) in [5.74, 6) is -1.57. The van der Waals surface area contributed by atoms with Gasteiger partial charge in [0.05, 0.1) is 21.8 Å². The van der Waals surface area contributed by atoms with E-state index in [1.54, 1.807) is 24.3 Å². The quantitative estimate of drug-likeness (QED) is 0.670. The summed E-state index contributed by atoms with van der Waals surface area (Å²) in [7, 11) is -0.944. The van der Waals surface area contributed by atoms with E-state index in [0.717, 1.165) is 17.1 Å². The molecule has 2 aromatic rings. The average Bonchev–Trinajstić information content (AvgIpc) is 3.28. The molecule has 1 saturated carbocycles. The zero-order chi connectivity index (χ0) is 23.8. The minimum atomic E-state index is -3.73. The van der Waals surface area contributed by atoms with E-state index in [1.807, 2.05) is 0 Å². The molecule has 1 N–H and O–H groups in total. The monoisotopic (exact) mass is 471 g/mol. The van der Waals surface area contributed by atoms with Crippen molar-refractivity contribution < 1.29 is 27.5 Å². The first kappa shape index (κ1) is 22.9. The number of carbonyl (C=O) groups excluding carboxylic acids is 3. The number of ether oxygens (including phenoxy) is 1. The van der Waals surface area contributed by atoms with Crippen LogP contribution in [0.15, 0.2) is 53.4 Å². The second kappa shape index (κ2) is 8.60.